The van der Waals surface area contributed by atoms with E-state index in [1.165, 1.54) is 0 Å². The number of nitrogens with zero attached hydrogens (tertiary/aromatic N) is 1. The van der Waals surface area contributed by atoms with Crippen molar-refractivity contribution in [3.8, 4) is 0 Å². The first-order chi connectivity index (χ1) is 8.15. The number of amides is 1. The van der Waals surface area contributed by atoms with Gasteiger partial charge in [-0.15, -0.1) is 0 Å². The molecule has 1 aliphatic rings. The van der Waals surface area contributed by atoms with Gasteiger partial charge in [0.15, 0.2) is 0 Å². The smallest absolute Gasteiger partial charge is 0.404 e. The van der Waals surface area contributed by atoms with Gasteiger partial charge >= 0.3 is 6.09 Å². The Morgan fingerprint density at radius 2 is 2.12 bits per heavy atom. The van der Waals surface area contributed by atoms with Gasteiger partial charge < -0.3 is 15.3 Å². The molecule has 1 amide bonds. The van der Waals surface area contributed by atoms with E-state index >= 15 is 0 Å². The molecule has 5 heteroatoms. The second kappa shape index (κ2) is 5.40. The predicted octanol–water partition coefficient (Wildman–Crippen LogP) is 2.69. The van der Waals surface area contributed by atoms with Crippen molar-refractivity contribution in [2.75, 3.05) is 18.0 Å². The van der Waals surface area contributed by atoms with E-state index in [2.05, 4.69) is 26.1 Å². The number of carbonyl (C=O) groups is 1. The highest BCUT2D eigenvalue weighted by atomic mass is 79.9. The zero-order valence-electron chi connectivity index (χ0n) is 9.40. The number of benzene rings is 1. The average molecular weight is 299 g/mol. The fraction of sp³-hybridized carbons (Fsp3) is 0.417. The van der Waals surface area contributed by atoms with Crippen LogP contribution in [0, 0.1) is 0 Å². The predicted molar refractivity (Wildman–Crippen MR) is 70.5 cm³/mol. The largest absolute Gasteiger partial charge is 0.465 e. The van der Waals surface area contributed by atoms with Gasteiger partial charge in [-0.05, 0) is 37.1 Å². The van der Waals surface area contributed by atoms with Crippen LogP contribution in [0.5, 0.6) is 0 Å². The zero-order valence-corrected chi connectivity index (χ0v) is 11.0. The van der Waals surface area contributed by atoms with Crippen LogP contribution in [0.15, 0.2) is 28.7 Å². The Morgan fingerprint density at radius 1 is 1.41 bits per heavy atom. The first-order valence-corrected chi connectivity index (χ1v) is 6.44. The molecule has 1 fully saturated rings. The molecule has 0 saturated carbocycles. The van der Waals surface area contributed by atoms with Crippen LogP contribution < -0.4 is 10.2 Å². The Morgan fingerprint density at radius 3 is 2.76 bits per heavy atom. The number of piperidine rings is 1. The Labute approximate surface area is 109 Å². The number of nitrogens with one attached hydrogen (secondary N) is 1. The molecular weight excluding hydrogens is 284 g/mol. The summed E-state index contributed by atoms with van der Waals surface area (Å²) in [4.78, 5) is 12.8. The lowest BCUT2D eigenvalue weighted by molar-refractivity contribution is 0.188. The van der Waals surface area contributed by atoms with Crippen molar-refractivity contribution >= 4 is 27.7 Å². The highest BCUT2D eigenvalue weighted by molar-refractivity contribution is 9.10. The number of carboxylic acid groups (broad SMARTS) is 1. The lowest BCUT2D eigenvalue weighted by Crippen LogP contribution is -2.47. The van der Waals surface area contributed by atoms with Gasteiger partial charge in [-0.25, -0.2) is 4.79 Å². The summed E-state index contributed by atoms with van der Waals surface area (Å²) in [5, 5.41) is 11.3. The van der Waals surface area contributed by atoms with Gasteiger partial charge in [0.05, 0.1) is 0 Å². The van der Waals surface area contributed by atoms with E-state index in [1.807, 2.05) is 24.3 Å². The molecule has 0 aromatic heterocycles. The SMILES string of the molecule is O=C(O)N[C@@H]1CCCN(c2ccc(Br)cc2)C1. The fourth-order valence-corrected chi connectivity index (χ4v) is 2.42. The van der Waals surface area contributed by atoms with Crippen molar-refractivity contribution in [1.82, 2.24) is 5.32 Å². The highest BCUT2D eigenvalue weighted by Gasteiger charge is 2.21. The number of rotatable bonds is 2. The standard InChI is InChI=1S/C12H15BrN2O2/c13-9-3-5-11(6-4-9)15-7-1-2-10(8-15)14-12(16)17/h3-6,10,14H,1-2,7-8H2,(H,16,17)/t10-/m1/s1. The molecule has 2 rings (SSSR count). The molecule has 0 unspecified atom stereocenters. The number of anilines is 1. The Balaban J connectivity index is 2.01. The maximum absolute atomic E-state index is 10.6. The Bertz CT molecular complexity index is 394. The highest BCUT2D eigenvalue weighted by Crippen LogP contribution is 2.22. The molecule has 0 radical (unpaired) electrons. The van der Waals surface area contributed by atoms with Gasteiger partial charge in [0.1, 0.15) is 0 Å². The van der Waals surface area contributed by atoms with Crippen molar-refractivity contribution in [2.24, 2.45) is 0 Å². The van der Waals surface area contributed by atoms with Crippen molar-refractivity contribution in [1.29, 1.82) is 0 Å². The first kappa shape index (κ1) is 12.2. The number of halogens is 1. The molecule has 0 aliphatic carbocycles. The van der Waals surface area contributed by atoms with Gasteiger partial charge in [0.2, 0.25) is 0 Å². The van der Waals surface area contributed by atoms with Gasteiger partial charge in [0.25, 0.3) is 0 Å². The van der Waals surface area contributed by atoms with Gasteiger partial charge in [-0.3, -0.25) is 0 Å². The molecule has 0 spiro atoms. The molecule has 92 valence electrons. The summed E-state index contributed by atoms with van der Waals surface area (Å²) in [5.41, 5.74) is 1.14. The molecule has 1 aromatic rings. The zero-order chi connectivity index (χ0) is 12.3. The summed E-state index contributed by atoms with van der Waals surface area (Å²) in [7, 11) is 0. The van der Waals surface area contributed by atoms with Crippen LogP contribution in [-0.2, 0) is 0 Å². The average Bonchev–Trinajstić information content (AvgIpc) is 2.29. The van der Waals surface area contributed by atoms with Crippen LogP contribution in [-0.4, -0.2) is 30.3 Å². The molecule has 1 atom stereocenters. The fourth-order valence-electron chi connectivity index (χ4n) is 2.16. The summed E-state index contributed by atoms with van der Waals surface area (Å²) in [6.45, 7) is 1.73. The van der Waals surface area contributed by atoms with E-state index in [-0.39, 0.29) is 6.04 Å². The van der Waals surface area contributed by atoms with Crippen molar-refractivity contribution < 1.29 is 9.90 Å². The van der Waals surface area contributed by atoms with Crippen LogP contribution in [0.3, 0.4) is 0 Å². The molecule has 0 bridgehead atoms. The van der Waals surface area contributed by atoms with E-state index in [1.54, 1.807) is 0 Å². The van der Waals surface area contributed by atoms with Gasteiger partial charge in [-0.1, -0.05) is 15.9 Å². The van der Waals surface area contributed by atoms with E-state index in [0.717, 1.165) is 36.1 Å². The van der Waals surface area contributed by atoms with Gasteiger partial charge in [-0.2, -0.15) is 0 Å². The minimum atomic E-state index is -0.937. The molecular formula is C12H15BrN2O2. The molecule has 1 saturated heterocycles. The maximum Gasteiger partial charge on any atom is 0.404 e. The number of hydrogen-bond donors (Lipinski definition) is 2. The molecule has 17 heavy (non-hydrogen) atoms. The monoisotopic (exact) mass is 298 g/mol. The quantitative estimate of drug-likeness (QED) is 0.883. The van der Waals surface area contributed by atoms with E-state index in [0.29, 0.717) is 0 Å². The molecule has 2 N–H and O–H groups in total. The van der Waals surface area contributed by atoms with Crippen molar-refractivity contribution in [3.05, 3.63) is 28.7 Å². The first-order valence-electron chi connectivity index (χ1n) is 5.65. The molecule has 1 aromatic carbocycles. The van der Waals surface area contributed by atoms with E-state index in [9.17, 15) is 4.79 Å². The minimum absolute atomic E-state index is 0.0323. The van der Waals surface area contributed by atoms with Crippen LogP contribution in [0.2, 0.25) is 0 Å². The molecule has 1 aliphatic heterocycles. The normalized spacial score (nSPS) is 20.1. The van der Waals surface area contributed by atoms with E-state index in [4.69, 9.17) is 5.11 Å². The second-order valence-electron chi connectivity index (χ2n) is 4.21. The summed E-state index contributed by atoms with van der Waals surface area (Å²) in [6, 6.07) is 8.14. The Hall–Kier alpha value is -1.23. The third kappa shape index (κ3) is 3.36. The third-order valence-electron chi connectivity index (χ3n) is 2.94. The van der Waals surface area contributed by atoms with Crippen molar-refractivity contribution in [2.45, 2.75) is 18.9 Å². The molecule has 1 heterocycles. The minimum Gasteiger partial charge on any atom is -0.465 e. The maximum atomic E-state index is 10.6. The summed E-state index contributed by atoms with van der Waals surface area (Å²) < 4.78 is 1.05. The lowest BCUT2D eigenvalue weighted by Gasteiger charge is -2.34. The van der Waals surface area contributed by atoms with Crippen LogP contribution in [0.4, 0.5) is 10.5 Å². The topological polar surface area (TPSA) is 52.6 Å². The second-order valence-corrected chi connectivity index (χ2v) is 5.13. The van der Waals surface area contributed by atoms with E-state index < -0.39 is 6.09 Å². The number of hydrogen-bond acceptors (Lipinski definition) is 2. The van der Waals surface area contributed by atoms with Crippen LogP contribution >= 0.6 is 15.9 Å². The summed E-state index contributed by atoms with van der Waals surface area (Å²) in [6.07, 6.45) is 0.994. The van der Waals surface area contributed by atoms with Gasteiger partial charge in [0, 0.05) is 29.3 Å². The third-order valence-corrected chi connectivity index (χ3v) is 3.47. The van der Waals surface area contributed by atoms with Crippen LogP contribution in [0.25, 0.3) is 0 Å². The Kier molecular flexibility index (Phi) is 3.89. The summed E-state index contributed by atoms with van der Waals surface area (Å²) >= 11 is 3.41. The summed E-state index contributed by atoms with van der Waals surface area (Å²) in [5.74, 6) is 0. The van der Waals surface area contributed by atoms with Crippen molar-refractivity contribution in [3.63, 3.8) is 0 Å². The lowest BCUT2D eigenvalue weighted by atomic mass is 10.1. The van der Waals surface area contributed by atoms with Crippen LogP contribution in [0.1, 0.15) is 12.8 Å². The molecule has 4 nitrogen and oxygen atoms in total.